The third-order valence-corrected chi connectivity index (χ3v) is 5.01. The van der Waals surface area contributed by atoms with Gasteiger partial charge in [0.25, 0.3) is 0 Å². The number of piperazine rings is 1. The van der Waals surface area contributed by atoms with E-state index in [2.05, 4.69) is 39.3 Å². The molecule has 136 valence electrons. The van der Waals surface area contributed by atoms with E-state index in [4.69, 9.17) is 0 Å². The van der Waals surface area contributed by atoms with Crippen LogP contribution < -0.4 is 5.32 Å². The number of hydrogen-bond donors (Lipinski definition) is 1. The van der Waals surface area contributed by atoms with Crippen LogP contribution in [0.3, 0.4) is 0 Å². The van der Waals surface area contributed by atoms with Crippen LogP contribution in [0, 0.1) is 5.82 Å². The molecule has 0 amide bonds. The first-order valence-electron chi connectivity index (χ1n) is 8.84. The Kier molecular flexibility index (Phi) is 4.57. The number of nitrogens with one attached hydrogen (secondary N) is 1. The van der Waals surface area contributed by atoms with E-state index in [1.54, 1.807) is 22.8 Å². The van der Waals surface area contributed by atoms with Gasteiger partial charge in [0.05, 0.1) is 11.9 Å². The van der Waals surface area contributed by atoms with Crippen molar-refractivity contribution in [1.29, 1.82) is 0 Å². The van der Waals surface area contributed by atoms with Gasteiger partial charge in [0.2, 0.25) is 0 Å². The molecular formula is C19H23FN6. The van der Waals surface area contributed by atoms with Crippen LogP contribution in [0.5, 0.6) is 0 Å². The van der Waals surface area contributed by atoms with Crippen LogP contribution in [0.1, 0.15) is 0 Å². The zero-order valence-corrected chi connectivity index (χ0v) is 15.1. The highest BCUT2D eigenvalue weighted by Crippen LogP contribution is 2.24. The van der Waals surface area contributed by atoms with Crippen LogP contribution in [-0.4, -0.2) is 70.7 Å². The number of nitrogens with zero attached hydrogens (tertiary/aromatic N) is 5. The molecule has 0 aliphatic carbocycles. The summed E-state index contributed by atoms with van der Waals surface area (Å²) in [6.07, 6.45) is 1.71. The van der Waals surface area contributed by atoms with Crippen molar-refractivity contribution >= 4 is 11.5 Å². The molecule has 3 aromatic rings. The van der Waals surface area contributed by atoms with E-state index in [0.29, 0.717) is 22.9 Å². The van der Waals surface area contributed by atoms with Crippen molar-refractivity contribution in [2.45, 2.75) is 6.04 Å². The SMILES string of the molecule is CN1CCN(C)[C@H](CNc2cc(-c3ccccc3F)nc3ccnn23)C1. The van der Waals surface area contributed by atoms with Crippen molar-refractivity contribution < 1.29 is 4.39 Å². The second kappa shape index (κ2) is 7.01. The van der Waals surface area contributed by atoms with Gasteiger partial charge >= 0.3 is 0 Å². The Morgan fingerprint density at radius 1 is 1.19 bits per heavy atom. The Balaban J connectivity index is 1.64. The highest BCUT2D eigenvalue weighted by Gasteiger charge is 2.22. The van der Waals surface area contributed by atoms with Crippen molar-refractivity contribution in [3.63, 3.8) is 0 Å². The minimum absolute atomic E-state index is 0.275. The zero-order valence-electron chi connectivity index (χ0n) is 15.1. The molecule has 0 unspecified atom stereocenters. The Hall–Kier alpha value is -2.51. The van der Waals surface area contributed by atoms with Crippen LogP contribution in [-0.2, 0) is 0 Å². The number of fused-ring (bicyclic) bond motifs is 1. The lowest BCUT2D eigenvalue weighted by atomic mass is 10.1. The number of rotatable bonds is 4. The standard InChI is InChI=1S/C19H23FN6/c1-24-9-10-25(2)14(13-24)12-21-19-11-17(15-5-3-4-6-16(15)20)23-18-7-8-22-26(18)19/h3-8,11,14,21H,9-10,12-13H2,1-2H3/t14-/m1/s1. The van der Waals surface area contributed by atoms with Crippen molar-refractivity contribution in [2.75, 3.05) is 45.6 Å². The van der Waals surface area contributed by atoms with Gasteiger partial charge in [-0.1, -0.05) is 12.1 Å². The molecule has 6 nitrogen and oxygen atoms in total. The molecule has 2 aromatic heterocycles. The van der Waals surface area contributed by atoms with Crippen LogP contribution >= 0.6 is 0 Å². The largest absolute Gasteiger partial charge is 0.368 e. The second-order valence-electron chi connectivity index (χ2n) is 6.89. The van der Waals surface area contributed by atoms with E-state index in [9.17, 15) is 4.39 Å². The smallest absolute Gasteiger partial charge is 0.157 e. The number of hydrogen-bond acceptors (Lipinski definition) is 5. The maximum Gasteiger partial charge on any atom is 0.157 e. The van der Waals surface area contributed by atoms with Crippen molar-refractivity contribution in [3.05, 3.63) is 48.4 Å². The lowest BCUT2D eigenvalue weighted by molar-refractivity contribution is 0.122. The zero-order chi connectivity index (χ0) is 18.1. The Labute approximate surface area is 152 Å². The molecule has 1 fully saturated rings. The van der Waals surface area contributed by atoms with Gasteiger partial charge in [0.1, 0.15) is 11.6 Å². The predicted octanol–water partition coefficient (Wildman–Crippen LogP) is 2.19. The molecule has 1 saturated heterocycles. The average Bonchev–Trinajstić information content (AvgIpc) is 3.11. The van der Waals surface area contributed by atoms with E-state index in [1.165, 1.54) is 6.07 Å². The monoisotopic (exact) mass is 354 g/mol. The molecule has 1 aromatic carbocycles. The van der Waals surface area contributed by atoms with Gasteiger partial charge < -0.3 is 10.2 Å². The molecule has 1 aliphatic rings. The normalized spacial score (nSPS) is 19.1. The maximum atomic E-state index is 14.2. The maximum absolute atomic E-state index is 14.2. The van der Waals surface area contributed by atoms with E-state index >= 15 is 0 Å². The lowest BCUT2D eigenvalue weighted by Crippen LogP contribution is -2.52. The molecule has 1 aliphatic heterocycles. The molecule has 0 bridgehead atoms. The highest BCUT2D eigenvalue weighted by atomic mass is 19.1. The molecule has 0 saturated carbocycles. The molecular weight excluding hydrogens is 331 g/mol. The minimum atomic E-state index is -0.275. The van der Waals surface area contributed by atoms with Crippen LogP contribution in [0.4, 0.5) is 10.2 Å². The highest BCUT2D eigenvalue weighted by molar-refractivity contribution is 5.66. The topological polar surface area (TPSA) is 48.7 Å². The summed E-state index contributed by atoms with van der Waals surface area (Å²) in [4.78, 5) is 9.26. The first-order valence-corrected chi connectivity index (χ1v) is 8.84. The first kappa shape index (κ1) is 16.9. The molecule has 4 rings (SSSR count). The van der Waals surface area contributed by atoms with Gasteiger partial charge in [-0.2, -0.15) is 9.61 Å². The first-order chi connectivity index (χ1) is 12.6. The van der Waals surface area contributed by atoms with Gasteiger partial charge in [-0.25, -0.2) is 9.37 Å². The van der Waals surface area contributed by atoms with E-state index in [1.807, 2.05) is 18.2 Å². The van der Waals surface area contributed by atoms with Crippen molar-refractivity contribution in [2.24, 2.45) is 0 Å². The fourth-order valence-corrected chi connectivity index (χ4v) is 3.39. The summed E-state index contributed by atoms with van der Waals surface area (Å²) in [5, 5.41) is 7.84. The van der Waals surface area contributed by atoms with E-state index in [-0.39, 0.29) is 5.82 Å². The third-order valence-electron chi connectivity index (χ3n) is 5.01. The predicted molar refractivity (Wildman–Crippen MR) is 101 cm³/mol. The van der Waals surface area contributed by atoms with Gasteiger partial charge in [-0.3, -0.25) is 4.90 Å². The summed E-state index contributed by atoms with van der Waals surface area (Å²) in [6, 6.07) is 10.8. The Bertz CT molecular complexity index is 908. The average molecular weight is 354 g/mol. The van der Waals surface area contributed by atoms with Gasteiger partial charge in [-0.05, 0) is 26.2 Å². The van der Waals surface area contributed by atoms with Gasteiger partial charge in [0.15, 0.2) is 5.65 Å². The summed E-state index contributed by atoms with van der Waals surface area (Å²) in [7, 11) is 4.30. The van der Waals surface area contributed by atoms with Gasteiger partial charge in [0, 0.05) is 49.9 Å². The summed E-state index contributed by atoms with van der Waals surface area (Å²) in [5.74, 6) is 0.545. The van der Waals surface area contributed by atoms with E-state index in [0.717, 1.165) is 32.0 Å². The fourth-order valence-electron chi connectivity index (χ4n) is 3.39. The summed E-state index contributed by atoms with van der Waals surface area (Å²) < 4.78 is 16.0. The number of anilines is 1. The van der Waals surface area contributed by atoms with Crippen LogP contribution in [0.2, 0.25) is 0 Å². The quantitative estimate of drug-likeness (QED) is 0.778. The molecule has 3 heterocycles. The summed E-state index contributed by atoms with van der Waals surface area (Å²) in [5.41, 5.74) is 1.80. The Morgan fingerprint density at radius 2 is 2.04 bits per heavy atom. The molecule has 26 heavy (non-hydrogen) atoms. The second-order valence-corrected chi connectivity index (χ2v) is 6.89. The molecule has 0 radical (unpaired) electrons. The summed E-state index contributed by atoms with van der Waals surface area (Å²) in [6.45, 7) is 3.94. The summed E-state index contributed by atoms with van der Waals surface area (Å²) >= 11 is 0. The molecule has 1 atom stereocenters. The fraction of sp³-hybridized carbons (Fsp3) is 0.368. The van der Waals surface area contributed by atoms with Crippen molar-refractivity contribution in [3.8, 4) is 11.3 Å². The molecule has 7 heteroatoms. The van der Waals surface area contributed by atoms with Gasteiger partial charge in [-0.15, -0.1) is 0 Å². The minimum Gasteiger partial charge on any atom is -0.368 e. The number of aromatic nitrogens is 3. The lowest BCUT2D eigenvalue weighted by Gasteiger charge is -2.37. The number of benzene rings is 1. The van der Waals surface area contributed by atoms with Crippen LogP contribution in [0.15, 0.2) is 42.6 Å². The van der Waals surface area contributed by atoms with E-state index < -0.39 is 0 Å². The van der Waals surface area contributed by atoms with Crippen molar-refractivity contribution in [1.82, 2.24) is 24.4 Å². The molecule has 1 N–H and O–H groups in total. The Morgan fingerprint density at radius 3 is 2.88 bits per heavy atom. The molecule has 0 spiro atoms. The number of likely N-dealkylation sites (N-methyl/N-ethyl adjacent to an activating group) is 2. The number of halogens is 1. The van der Waals surface area contributed by atoms with Crippen LogP contribution in [0.25, 0.3) is 16.9 Å². The third kappa shape index (κ3) is 3.27.